The summed E-state index contributed by atoms with van der Waals surface area (Å²) < 4.78 is 5.42. The Morgan fingerprint density at radius 3 is 1.93 bits per heavy atom. The first kappa shape index (κ1) is 10.6. The van der Waals surface area contributed by atoms with Crippen LogP contribution in [0.2, 0.25) is 10.0 Å². The normalized spacial score (nSPS) is 10.6. The third kappa shape index (κ3) is 2.36. The molecule has 0 unspecified atom stereocenters. The van der Waals surface area contributed by atoms with Gasteiger partial charge >= 0.3 is 0 Å². The minimum absolute atomic E-state index is 0.628. The Morgan fingerprint density at radius 1 is 0.933 bits per heavy atom. The topological polar surface area (TPSA) is 9.23 Å². The highest BCUT2D eigenvalue weighted by molar-refractivity contribution is 6.34. The van der Waals surface area contributed by atoms with Crippen molar-refractivity contribution in [2.45, 2.75) is 6.92 Å². The van der Waals surface area contributed by atoms with Gasteiger partial charge in [-0.15, -0.1) is 0 Å². The van der Waals surface area contributed by atoms with Crippen molar-refractivity contribution >= 4 is 23.2 Å². The first-order chi connectivity index (χ1) is 7.19. The average Bonchev–Trinajstić information content (AvgIpc) is 2.42. The number of ether oxygens (including phenoxy) is 1. The van der Waals surface area contributed by atoms with Crippen LogP contribution in [0, 0.1) is 0 Å². The Labute approximate surface area is 98.9 Å². The van der Waals surface area contributed by atoms with Gasteiger partial charge in [-0.3, -0.25) is 0 Å². The molecule has 0 amide bonds. The van der Waals surface area contributed by atoms with Crippen LogP contribution in [0.15, 0.2) is 30.3 Å². The number of halogens is 2. The third-order valence-electron chi connectivity index (χ3n) is 2.10. The molecule has 0 bridgehead atoms. The van der Waals surface area contributed by atoms with E-state index < -0.39 is 0 Å². The Kier molecular flexibility index (Phi) is 3.03. The molecular weight excluding hydrogens is 231 g/mol. The quantitative estimate of drug-likeness (QED) is 0.752. The van der Waals surface area contributed by atoms with Gasteiger partial charge in [-0.25, -0.2) is 0 Å². The van der Waals surface area contributed by atoms with Crippen LogP contribution in [0.4, 0.5) is 0 Å². The third-order valence-corrected chi connectivity index (χ3v) is 2.54. The number of hydrogen-bond acceptors (Lipinski definition) is 1. The summed E-state index contributed by atoms with van der Waals surface area (Å²) in [4.78, 5) is 0. The van der Waals surface area contributed by atoms with Gasteiger partial charge in [0.15, 0.2) is 0 Å². The van der Waals surface area contributed by atoms with Crippen molar-refractivity contribution in [3.8, 4) is 16.9 Å². The van der Waals surface area contributed by atoms with Gasteiger partial charge in [0, 0.05) is 10.0 Å². The van der Waals surface area contributed by atoms with E-state index in [1.54, 1.807) is 6.07 Å². The monoisotopic (exact) mass is 240 g/mol. The minimum atomic E-state index is 0.628. The molecule has 0 radical (unpaired) electrons. The second-order valence-electron chi connectivity index (χ2n) is 3.24. The van der Waals surface area contributed by atoms with Crippen LogP contribution in [0.3, 0.4) is 0 Å². The maximum Gasteiger partial charge on any atom is 0.120 e. The fourth-order valence-corrected chi connectivity index (χ4v) is 2.05. The van der Waals surface area contributed by atoms with Crippen LogP contribution in [-0.2, 0) is 0 Å². The van der Waals surface area contributed by atoms with Crippen molar-refractivity contribution in [1.82, 2.24) is 0 Å². The zero-order chi connectivity index (χ0) is 10.8. The standard InChI is InChI=1S/C12H10Cl2O/c1-2-15-12-5-8-3-10(13)7-11(14)4-9(8)6-12/h3-7H,2H2,1H3. The summed E-state index contributed by atoms with van der Waals surface area (Å²) in [6.07, 6.45) is 0. The summed E-state index contributed by atoms with van der Waals surface area (Å²) in [5, 5.41) is 1.26. The molecule has 1 nitrogen and oxygen atoms in total. The number of fused-ring (bicyclic) bond motifs is 1. The molecule has 0 aromatic carbocycles. The molecule has 2 rings (SSSR count). The van der Waals surface area contributed by atoms with Gasteiger partial charge in [-0.05, 0) is 48.4 Å². The molecule has 3 heteroatoms. The molecule has 0 saturated heterocycles. The predicted molar refractivity (Wildman–Crippen MR) is 64.3 cm³/mol. The van der Waals surface area contributed by atoms with Crippen LogP contribution in [0.1, 0.15) is 6.92 Å². The maximum atomic E-state index is 5.97. The molecule has 0 fully saturated rings. The summed E-state index contributed by atoms with van der Waals surface area (Å²) >= 11 is 11.9. The van der Waals surface area contributed by atoms with Crippen molar-refractivity contribution < 1.29 is 4.74 Å². The molecule has 0 heterocycles. The Bertz CT molecular complexity index is 417. The van der Waals surface area contributed by atoms with E-state index >= 15 is 0 Å². The molecule has 0 N–H and O–H groups in total. The molecule has 0 spiro atoms. The second kappa shape index (κ2) is 4.30. The van der Waals surface area contributed by atoms with Crippen LogP contribution in [-0.4, -0.2) is 6.61 Å². The van der Waals surface area contributed by atoms with Crippen LogP contribution in [0.25, 0.3) is 11.1 Å². The van der Waals surface area contributed by atoms with Gasteiger partial charge in [-0.1, -0.05) is 23.2 Å². The van der Waals surface area contributed by atoms with Crippen LogP contribution in [0.5, 0.6) is 5.75 Å². The SMILES string of the molecule is CCOc1cc2cc(Cl)cc(Cl)cc-2c1. The summed E-state index contributed by atoms with van der Waals surface area (Å²) in [7, 11) is 0. The van der Waals surface area contributed by atoms with E-state index in [0.717, 1.165) is 16.9 Å². The van der Waals surface area contributed by atoms with Crippen molar-refractivity contribution in [3.05, 3.63) is 40.4 Å². The fraction of sp³-hybridized carbons (Fsp3) is 0.167. The van der Waals surface area contributed by atoms with Crippen LogP contribution < -0.4 is 4.74 Å². The summed E-state index contributed by atoms with van der Waals surface area (Å²) in [5.41, 5.74) is 2.07. The van der Waals surface area contributed by atoms with E-state index in [1.807, 2.05) is 31.2 Å². The van der Waals surface area contributed by atoms with Crippen molar-refractivity contribution in [1.29, 1.82) is 0 Å². The average molecular weight is 241 g/mol. The van der Waals surface area contributed by atoms with E-state index in [4.69, 9.17) is 27.9 Å². The van der Waals surface area contributed by atoms with Gasteiger partial charge in [0.05, 0.1) is 6.61 Å². The van der Waals surface area contributed by atoms with Gasteiger partial charge < -0.3 is 4.74 Å². The summed E-state index contributed by atoms with van der Waals surface area (Å²) in [6.45, 7) is 2.61. The molecule has 78 valence electrons. The molecule has 0 aromatic rings. The lowest BCUT2D eigenvalue weighted by atomic mass is 10.2. The first-order valence-corrected chi connectivity index (χ1v) is 5.47. The van der Waals surface area contributed by atoms with Crippen molar-refractivity contribution in [3.63, 3.8) is 0 Å². The van der Waals surface area contributed by atoms with Gasteiger partial charge in [0.1, 0.15) is 5.75 Å². The summed E-state index contributed by atoms with van der Waals surface area (Å²) in [6, 6.07) is 9.40. The fourth-order valence-electron chi connectivity index (χ4n) is 1.53. The van der Waals surface area contributed by atoms with Gasteiger partial charge in [-0.2, -0.15) is 0 Å². The van der Waals surface area contributed by atoms with Crippen molar-refractivity contribution in [2.75, 3.05) is 6.61 Å². The second-order valence-corrected chi connectivity index (χ2v) is 4.11. The maximum absolute atomic E-state index is 5.97. The van der Waals surface area contributed by atoms with E-state index in [0.29, 0.717) is 16.7 Å². The lowest BCUT2D eigenvalue weighted by Crippen LogP contribution is -1.87. The Hall–Kier alpha value is -0.920. The number of rotatable bonds is 2. The molecule has 0 atom stereocenters. The van der Waals surface area contributed by atoms with E-state index in [2.05, 4.69) is 0 Å². The predicted octanol–water partition coefficient (Wildman–Crippen LogP) is 4.50. The Morgan fingerprint density at radius 2 is 1.47 bits per heavy atom. The highest BCUT2D eigenvalue weighted by Crippen LogP contribution is 2.33. The van der Waals surface area contributed by atoms with Crippen molar-refractivity contribution in [2.24, 2.45) is 0 Å². The minimum Gasteiger partial charge on any atom is -0.494 e. The molecular formula is C12H10Cl2O. The highest BCUT2D eigenvalue weighted by atomic mass is 35.5. The smallest absolute Gasteiger partial charge is 0.120 e. The van der Waals surface area contributed by atoms with E-state index in [1.165, 1.54) is 0 Å². The number of hydrogen-bond donors (Lipinski definition) is 0. The van der Waals surface area contributed by atoms with Gasteiger partial charge in [0.25, 0.3) is 0 Å². The Balaban J connectivity index is 2.54. The summed E-state index contributed by atoms with van der Waals surface area (Å²) in [5.74, 6) is 0.853. The molecule has 0 aliphatic heterocycles. The molecule has 15 heavy (non-hydrogen) atoms. The largest absolute Gasteiger partial charge is 0.494 e. The van der Waals surface area contributed by atoms with Crippen LogP contribution >= 0.6 is 23.2 Å². The van der Waals surface area contributed by atoms with E-state index in [9.17, 15) is 0 Å². The van der Waals surface area contributed by atoms with E-state index in [-0.39, 0.29) is 0 Å². The lowest BCUT2D eigenvalue weighted by Gasteiger charge is -1.95. The molecule has 2 aliphatic carbocycles. The highest BCUT2D eigenvalue weighted by Gasteiger charge is 2.07. The zero-order valence-corrected chi connectivity index (χ0v) is 9.77. The molecule has 0 saturated carbocycles. The molecule has 2 aliphatic rings. The zero-order valence-electron chi connectivity index (χ0n) is 8.26. The van der Waals surface area contributed by atoms with Gasteiger partial charge in [0.2, 0.25) is 0 Å². The molecule has 0 aromatic heterocycles. The first-order valence-electron chi connectivity index (χ1n) is 4.71. The lowest BCUT2D eigenvalue weighted by molar-refractivity contribution is 0.341.